The van der Waals surface area contributed by atoms with Crippen LogP contribution >= 0.6 is 0 Å². The van der Waals surface area contributed by atoms with Gasteiger partial charge in [0.15, 0.2) is 0 Å². The summed E-state index contributed by atoms with van der Waals surface area (Å²) in [4.78, 5) is 55.0. The Labute approximate surface area is 187 Å². The number of anilines is 1. The van der Waals surface area contributed by atoms with E-state index < -0.39 is 17.4 Å². The number of nitrogens with zero attached hydrogens (tertiary/aromatic N) is 2. The molecule has 3 amide bonds. The van der Waals surface area contributed by atoms with Gasteiger partial charge in [-0.05, 0) is 61.5 Å². The zero-order valence-electron chi connectivity index (χ0n) is 17.5. The number of aromatic nitrogens is 1. The van der Waals surface area contributed by atoms with Crippen molar-refractivity contribution in [1.82, 2.24) is 9.88 Å². The molecular weight excluding hydrogens is 422 g/mol. The van der Waals surface area contributed by atoms with Crippen molar-refractivity contribution in [2.24, 2.45) is 0 Å². The number of benzene rings is 3. The summed E-state index contributed by atoms with van der Waals surface area (Å²) in [5, 5.41) is 3.16. The summed E-state index contributed by atoms with van der Waals surface area (Å²) in [5.74, 6) is -0.996. The molecule has 3 aromatic carbocycles. The smallest absolute Gasteiger partial charge is 0.347 e. The highest BCUT2D eigenvalue weighted by Gasteiger charge is 2.34. The molecule has 0 unspecified atom stereocenters. The molecule has 1 N–H and O–H groups in total. The number of nitrogens with one attached hydrogen (secondary N) is 1. The van der Waals surface area contributed by atoms with E-state index >= 15 is 0 Å². The molecule has 162 valence electrons. The maximum atomic E-state index is 12.7. The molecule has 33 heavy (non-hydrogen) atoms. The highest BCUT2D eigenvalue weighted by Crippen LogP contribution is 2.25. The predicted molar refractivity (Wildman–Crippen MR) is 121 cm³/mol. The van der Waals surface area contributed by atoms with Crippen molar-refractivity contribution in [2.45, 2.75) is 6.92 Å². The van der Waals surface area contributed by atoms with Gasteiger partial charge in [0, 0.05) is 23.4 Å². The van der Waals surface area contributed by atoms with Crippen molar-refractivity contribution < 1.29 is 18.8 Å². The lowest BCUT2D eigenvalue weighted by Gasteiger charge is -2.08. The third-order valence-electron chi connectivity index (χ3n) is 5.47. The third-order valence-corrected chi connectivity index (χ3v) is 5.47. The molecule has 1 aliphatic rings. The molecule has 1 aromatic heterocycles. The molecule has 0 spiro atoms. The van der Waals surface area contributed by atoms with Crippen LogP contribution < -0.4 is 10.9 Å². The topological polar surface area (TPSA) is 110 Å². The Hall–Kier alpha value is -4.59. The Bertz CT molecular complexity index is 1510. The van der Waals surface area contributed by atoms with Crippen LogP contribution in [0, 0.1) is 0 Å². The van der Waals surface area contributed by atoms with Crippen molar-refractivity contribution in [3.8, 4) is 11.5 Å². The number of para-hydroxylation sites is 1. The molecule has 1 aliphatic heterocycles. The molecule has 0 fully saturated rings. The second-order valence-electron chi connectivity index (χ2n) is 7.47. The highest BCUT2D eigenvalue weighted by atomic mass is 16.4. The Kier molecular flexibility index (Phi) is 4.82. The van der Waals surface area contributed by atoms with Crippen LogP contribution in [-0.2, 0) is 0 Å². The second-order valence-corrected chi connectivity index (χ2v) is 7.47. The zero-order valence-corrected chi connectivity index (χ0v) is 17.5. The first-order valence-corrected chi connectivity index (χ1v) is 10.3. The number of hydrogen-bond donors (Lipinski definition) is 1. The Morgan fingerprint density at radius 3 is 2.42 bits per heavy atom. The van der Waals surface area contributed by atoms with E-state index in [0.717, 1.165) is 4.90 Å². The molecule has 0 bridgehead atoms. The number of carbonyl (C=O) groups is 3. The van der Waals surface area contributed by atoms with E-state index in [1.165, 1.54) is 18.2 Å². The van der Waals surface area contributed by atoms with E-state index in [9.17, 15) is 19.2 Å². The van der Waals surface area contributed by atoms with E-state index in [2.05, 4.69) is 10.3 Å². The van der Waals surface area contributed by atoms with Crippen LogP contribution in [0.25, 0.3) is 22.4 Å². The molecule has 0 saturated carbocycles. The SMILES string of the molecule is CCN1C(=O)c2ccc(C(=O)Nc3ccc(-c4nc5ccccc5c(=O)o4)cc3)cc2C1=O. The van der Waals surface area contributed by atoms with Crippen LogP contribution in [0.5, 0.6) is 0 Å². The molecule has 4 aromatic rings. The van der Waals surface area contributed by atoms with Gasteiger partial charge in [-0.15, -0.1) is 0 Å². The first-order valence-electron chi connectivity index (χ1n) is 10.3. The lowest BCUT2D eigenvalue weighted by atomic mass is 10.1. The van der Waals surface area contributed by atoms with Gasteiger partial charge >= 0.3 is 5.63 Å². The van der Waals surface area contributed by atoms with E-state index in [1.54, 1.807) is 55.5 Å². The standard InChI is InChI=1S/C25H17N3O5/c1-2-28-23(30)17-12-9-15(13-19(17)24(28)31)21(29)26-16-10-7-14(8-11-16)22-27-20-6-4-3-5-18(20)25(32)33-22/h3-13H,2H2,1H3,(H,26,29). The molecule has 8 heteroatoms. The van der Waals surface area contributed by atoms with Gasteiger partial charge in [0.25, 0.3) is 17.7 Å². The first kappa shape index (κ1) is 20.3. The van der Waals surface area contributed by atoms with Gasteiger partial charge in [0.1, 0.15) is 0 Å². The van der Waals surface area contributed by atoms with Crippen LogP contribution in [0.1, 0.15) is 38.0 Å². The number of imide groups is 1. The summed E-state index contributed by atoms with van der Waals surface area (Å²) in [6, 6.07) is 18.0. The summed E-state index contributed by atoms with van der Waals surface area (Å²) in [6.45, 7) is 1.99. The monoisotopic (exact) mass is 439 g/mol. The molecule has 0 saturated heterocycles. The van der Waals surface area contributed by atoms with Gasteiger partial charge in [-0.2, -0.15) is 0 Å². The predicted octanol–water partition coefficient (Wildman–Crippen LogP) is 3.72. The number of carbonyl (C=O) groups excluding carboxylic acids is 3. The minimum absolute atomic E-state index is 0.179. The van der Waals surface area contributed by atoms with Crippen LogP contribution in [0.2, 0.25) is 0 Å². The van der Waals surface area contributed by atoms with Gasteiger partial charge < -0.3 is 9.73 Å². The van der Waals surface area contributed by atoms with Gasteiger partial charge in [-0.25, -0.2) is 9.78 Å². The van der Waals surface area contributed by atoms with Crippen LogP contribution in [0.4, 0.5) is 5.69 Å². The maximum absolute atomic E-state index is 12.7. The minimum Gasteiger partial charge on any atom is -0.403 e. The van der Waals surface area contributed by atoms with E-state index in [1.807, 2.05) is 0 Å². The average Bonchev–Trinajstić information content (AvgIpc) is 3.08. The first-order chi connectivity index (χ1) is 16.0. The van der Waals surface area contributed by atoms with Gasteiger partial charge in [0.2, 0.25) is 5.89 Å². The van der Waals surface area contributed by atoms with Crippen molar-refractivity contribution in [3.63, 3.8) is 0 Å². The molecule has 2 heterocycles. The lowest BCUT2D eigenvalue weighted by molar-refractivity contribution is 0.0662. The largest absolute Gasteiger partial charge is 0.403 e. The van der Waals surface area contributed by atoms with Gasteiger partial charge in [-0.1, -0.05) is 12.1 Å². The second kappa shape index (κ2) is 7.83. The molecule has 5 rings (SSSR count). The van der Waals surface area contributed by atoms with E-state index in [-0.39, 0.29) is 29.5 Å². The number of hydrogen-bond acceptors (Lipinski definition) is 6. The molecule has 0 aliphatic carbocycles. The third kappa shape index (κ3) is 3.47. The van der Waals surface area contributed by atoms with Crippen LogP contribution in [0.15, 0.2) is 75.9 Å². The van der Waals surface area contributed by atoms with E-state index in [0.29, 0.717) is 27.7 Å². The van der Waals surface area contributed by atoms with E-state index in [4.69, 9.17) is 4.42 Å². The fourth-order valence-corrected chi connectivity index (χ4v) is 3.76. The minimum atomic E-state index is -0.473. The van der Waals surface area contributed by atoms with Crippen LogP contribution in [-0.4, -0.2) is 34.2 Å². The quantitative estimate of drug-likeness (QED) is 0.486. The Morgan fingerprint density at radius 1 is 0.939 bits per heavy atom. The number of amides is 3. The van der Waals surface area contributed by atoms with Gasteiger partial charge in [0.05, 0.1) is 22.0 Å². The fraction of sp³-hybridized carbons (Fsp3) is 0.0800. The molecule has 0 radical (unpaired) electrons. The summed E-state index contributed by atoms with van der Waals surface area (Å²) in [7, 11) is 0. The Morgan fingerprint density at radius 2 is 1.67 bits per heavy atom. The fourth-order valence-electron chi connectivity index (χ4n) is 3.76. The summed E-state index contributed by atoms with van der Waals surface area (Å²) < 4.78 is 5.33. The summed E-state index contributed by atoms with van der Waals surface area (Å²) in [6.07, 6.45) is 0. The maximum Gasteiger partial charge on any atom is 0.347 e. The molecule has 0 atom stereocenters. The number of rotatable bonds is 4. The molecular formula is C25H17N3O5. The highest BCUT2D eigenvalue weighted by molar-refractivity contribution is 6.22. The lowest BCUT2D eigenvalue weighted by Crippen LogP contribution is -2.29. The normalized spacial score (nSPS) is 12.8. The van der Waals surface area contributed by atoms with Crippen molar-refractivity contribution >= 4 is 34.3 Å². The summed E-state index contributed by atoms with van der Waals surface area (Å²) >= 11 is 0. The Balaban J connectivity index is 1.37. The molecule has 8 nitrogen and oxygen atoms in total. The van der Waals surface area contributed by atoms with Crippen molar-refractivity contribution in [2.75, 3.05) is 11.9 Å². The van der Waals surface area contributed by atoms with Crippen molar-refractivity contribution in [3.05, 3.63) is 93.8 Å². The average molecular weight is 439 g/mol. The number of fused-ring (bicyclic) bond motifs is 2. The van der Waals surface area contributed by atoms with Crippen molar-refractivity contribution in [1.29, 1.82) is 0 Å². The van der Waals surface area contributed by atoms with Gasteiger partial charge in [-0.3, -0.25) is 19.3 Å². The summed E-state index contributed by atoms with van der Waals surface area (Å²) in [5.41, 5.74) is 1.93. The van der Waals surface area contributed by atoms with Crippen LogP contribution in [0.3, 0.4) is 0 Å². The zero-order chi connectivity index (χ0) is 23.1.